The maximum Gasteiger partial charge on any atom is 0.309 e. The summed E-state index contributed by atoms with van der Waals surface area (Å²) in [4.78, 5) is 52.4. The van der Waals surface area contributed by atoms with Crippen molar-refractivity contribution >= 4 is 24.2 Å². The molecule has 16 atom stereocenters. The Labute approximate surface area is 349 Å². The van der Waals surface area contributed by atoms with Crippen LogP contribution in [-0.4, -0.2) is 151 Å². The van der Waals surface area contributed by atoms with Crippen LogP contribution in [0.15, 0.2) is 24.3 Å². The van der Waals surface area contributed by atoms with Gasteiger partial charge in [-0.15, -0.1) is 0 Å². The molecule has 0 aromatic rings. The number of aliphatic hydroxyl groups excluding tert-OH is 2. The van der Waals surface area contributed by atoms with Gasteiger partial charge in [-0.3, -0.25) is 14.4 Å². The number of allylic oxidation sites excluding steroid dienone is 2. The summed E-state index contributed by atoms with van der Waals surface area (Å²) in [6, 6.07) is -0.780. The van der Waals surface area contributed by atoms with E-state index in [4.69, 9.17) is 37.9 Å². The van der Waals surface area contributed by atoms with E-state index >= 15 is 0 Å². The van der Waals surface area contributed by atoms with Crippen molar-refractivity contribution in [2.45, 2.75) is 192 Å². The van der Waals surface area contributed by atoms with Crippen molar-refractivity contribution in [2.75, 3.05) is 21.2 Å². The average molecular weight is 842 g/mol. The fourth-order valence-electron chi connectivity index (χ4n) is 8.28. The Morgan fingerprint density at radius 3 is 2.32 bits per heavy atom. The molecular weight excluding hydrogens is 770 g/mol. The first-order valence-corrected chi connectivity index (χ1v) is 21.1. The number of ether oxygens (including phenoxy) is 8. The zero-order valence-corrected chi connectivity index (χ0v) is 36.6. The van der Waals surface area contributed by atoms with Crippen LogP contribution in [0.4, 0.5) is 0 Å². The van der Waals surface area contributed by atoms with Crippen LogP contribution in [0.5, 0.6) is 0 Å². The molecule has 2 fully saturated rings. The molecule has 0 radical (unpaired) electrons. The molecule has 59 heavy (non-hydrogen) atoms. The predicted molar refractivity (Wildman–Crippen MR) is 215 cm³/mol. The molecule has 0 spiro atoms. The lowest BCUT2D eigenvalue weighted by Crippen LogP contribution is -2.66. The molecule has 0 bridgehead atoms. The van der Waals surface area contributed by atoms with Gasteiger partial charge in [-0.05, 0) is 66.5 Å². The molecule has 0 aliphatic carbocycles. The lowest BCUT2D eigenvalue weighted by atomic mass is 9.82. The van der Waals surface area contributed by atoms with Gasteiger partial charge >= 0.3 is 17.9 Å². The minimum atomic E-state index is -1.49. The molecule has 16 nitrogen and oxygen atoms in total. The molecule has 0 aromatic heterocycles. The molecule has 0 aromatic carbocycles. The third kappa shape index (κ3) is 15.0. The SMILES string of the molecule is CCCCCC(=O)O[C@H]1[C@H](C)O[C@@H](O[C@H]2[C@H](N(C)C)[C@@H](O)[C@H](O[C@H]3[C@@H](CC=O)C[C@@H](C)[C@@H](O)/C=C/C=C/C[C@@H](C)OC(=O)C[C@@H](OC(C)=O)[C@@H]3OC)O[C@@H]2C)C[C@@]1(C)O. The van der Waals surface area contributed by atoms with Crippen LogP contribution in [0.25, 0.3) is 0 Å². The van der Waals surface area contributed by atoms with E-state index in [0.29, 0.717) is 19.1 Å². The standard InChI is InChI=1S/C43H71NO15/c1-11-12-14-19-33(48)57-41-28(5)54-35(24-43(41,7)51)58-38-27(4)55-42(37(50)36(38)44(8)9)59-39-30(20-21-45)22-25(2)31(47)18-16-13-15-17-26(3)53-34(49)23-32(40(39)52-10)56-29(6)46/h13,15-16,18,21,25-28,30-32,35-42,47,50-51H,11-12,14,17,19-20,22-24H2,1-10H3/b15-13+,18-16+/t25-,26-,27-,28+,30+,31+,32-,35+,36-,37-,38-,39+,40+,41+,42+,43-/m1/s1. The van der Waals surface area contributed by atoms with E-state index in [9.17, 15) is 34.5 Å². The molecule has 3 rings (SSSR count). The molecule has 2 saturated heterocycles. The highest BCUT2D eigenvalue weighted by Crippen LogP contribution is 2.38. The van der Waals surface area contributed by atoms with Gasteiger partial charge in [0.1, 0.15) is 42.4 Å². The number of esters is 3. The van der Waals surface area contributed by atoms with E-state index < -0.39 is 121 Å². The molecule has 0 unspecified atom stereocenters. The summed E-state index contributed by atoms with van der Waals surface area (Å²) in [6.45, 7) is 11.8. The Hall–Kier alpha value is -2.80. The monoisotopic (exact) mass is 841 g/mol. The minimum absolute atomic E-state index is 0.0388. The van der Waals surface area contributed by atoms with Crippen molar-refractivity contribution in [1.29, 1.82) is 0 Å². The number of aliphatic hydroxyl groups is 3. The second-order valence-electron chi connectivity index (χ2n) is 16.8. The number of unbranched alkanes of at least 4 members (excludes halogenated alkanes) is 2. The summed E-state index contributed by atoms with van der Waals surface area (Å²) in [7, 11) is 4.86. The van der Waals surface area contributed by atoms with Crippen LogP contribution < -0.4 is 0 Å². The number of cyclic esters (lactones) is 1. The number of hydrogen-bond donors (Lipinski definition) is 3. The van der Waals surface area contributed by atoms with Crippen LogP contribution in [0.1, 0.15) is 106 Å². The van der Waals surface area contributed by atoms with Crippen molar-refractivity contribution in [3.05, 3.63) is 24.3 Å². The zero-order chi connectivity index (χ0) is 44.0. The topological polar surface area (TPSA) is 206 Å². The maximum atomic E-state index is 13.3. The van der Waals surface area contributed by atoms with Gasteiger partial charge in [0.05, 0.1) is 36.9 Å². The largest absolute Gasteiger partial charge is 0.462 e. The number of aldehydes is 1. The van der Waals surface area contributed by atoms with Gasteiger partial charge in [0.25, 0.3) is 0 Å². The normalized spacial score (nSPS) is 40.1. The van der Waals surface area contributed by atoms with Crippen molar-refractivity contribution in [1.82, 2.24) is 4.90 Å². The first kappa shape index (κ1) is 50.6. The van der Waals surface area contributed by atoms with Crippen LogP contribution in [0.3, 0.4) is 0 Å². The third-order valence-corrected chi connectivity index (χ3v) is 11.3. The summed E-state index contributed by atoms with van der Waals surface area (Å²) in [6.07, 6.45) is -1.47. The Morgan fingerprint density at radius 1 is 1.00 bits per heavy atom. The Kier molecular flexibility index (Phi) is 20.6. The second-order valence-corrected chi connectivity index (χ2v) is 16.8. The fourth-order valence-corrected chi connectivity index (χ4v) is 8.28. The number of rotatable bonds is 14. The lowest BCUT2D eigenvalue weighted by Gasteiger charge is -2.50. The molecular formula is C43H71NO15. The fraction of sp³-hybridized carbons (Fsp3) is 0.814. The molecule has 3 aliphatic heterocycles. The maximum absolute atomic E-state index is 13.3. The summed E-state index contributed by atoms with van der Waals surface area (Å²) >= 11 is 0. The molecule has 16 heteroatoms. The summed E-state index contributed by atoms with van der Waals surface area (Å²) < 4.78 is 48.7. The van der Waals surface area contributed by atoms with E-state index in [2.05, 4.69) is 0 Å². The number of carbonyl (C=O) groups is 4. The van der Waals surface area contributed by atoms with Crippen molar-refractivity contribution in [3.63, 3.8) is 0 Å². The average Bonchev–Trinajstić information content (AvgIpc) is 3.13. The van der Waals surface area contributed by atoms with Crippen LogP contribution in [0.2, 0.25) is 0 Å². The number of likely N-dealkylation sites (N-methyl/N-ethyl adjacent to an activating group) is 1. The summed E-state index contributed by atoms with van der Waals surface area (Å²) in [5, 5.41) is 34.7. The second kappa shape index (κ2) is 24.0. The number of methoxy groups -OCH3 is 1. The molecule has 0 amide bonds. The Morgan fingerprint density at radius 2 is 1.71 bits per heavy atom. The van der Waals surface area contributed by atoms with Crippen LogP contribution >= 0.6 is 0 Å². The Bertz CT molecular complexity index is 1390. The highest BCUT2D eigenvalue weighted by molar-refractivity contribution is 5.72. The number of hydrogen-bond acceptors (Lipinski definition) is 16. The van der Waals surface area contributed by atoms with Gasteiger partial charge < -0.3 is 62.9 Å². The quantitative estimate of drug-likeness (QED) is 0.0990. The van der Waals surface area contributed by atoms with Gasteiger partial charge in [0, 0.05) is 39.7 Å². The van der Waals surface area contributed by atoms with E-state index in [1.807, 2.05) is 19.9 Å². The molecule has 0 saturated carbocycles. The van der Waals surface area contributed by atoms with Gasteiger partial charge in [0.2, 0.25) is 0 Å². The minimum Gasteiger partial charge on any atom is -0.462 e. The van der Waals surface area contributed by atoms with Gasteiger partial charge in [-0.25, -0.2) is 0 Å². The van der Waals surface area contributed by atoms with Crippen LogP contribution in [0, 0.1) is 11.8 Å². The zero-order valence-electron chi connectivity index (χ0n) is 36.6. The van der Waals surface area contributed by atoms with Gasteiger partial charge in [-0.1, -0.05) is 51.0 Å². The number of carbonyl (C=O) groups excluding carboxylic acids is 4. The van der Waals surface area contributed by atoms with E-state index in [1.54, 1.807) is 64.9 Å². The van der Waals surface area contributed by atoms with Crippen LogP contribution in [-0.2, 0) is 57.1 Å². The highest BCUT2D eigenvalue weighted by Gasteiger charge is 2.53. The molecule has 3 N–H and O–H groups in total. The molecule has 338 valence electrons. The van der Waals surface area contributed by atoms with E-state index in [0.717, 1.165) is 12.8 Å². The predicted octanol–water partition coefficient (Wildman–Crippen LogP) is 3.55. The lowest BCUT2D eigenvalue weighted by molar-refractivity contribution is -0.344. The van der Waals surface area contributed by atoms with Crippen molar-refractivity contribution < 1.29 is 72.4 Å². The first-order chi connectivity index (χ1) is 27.8. The van der Waals surface area contributed by atoms with Gasteiger partial charge in [0.15, 0.2) is 18.7 Å². The first-order valence-electron chi connectivity index (χ1n) is 21.1. The molecule has 3 heterocycles. The Balaban J connectivity index is 1.95. The van der Waals surface area contributed by atoms with E-state index in [-0.39, 0.29) is 25.7 Å². The van der Waals surface area contributed by atoms with Crippen molar-refractivity contribution in [2.24, 2.45) is 11.8 Å². The highest BCUT2D eigenvalue weighted by atomic mass is 16.7. The number of nitrogens with zero attached hydrogens (tertiary/aromatic N) is 1. The summed E-state index contributed by atoms with van der Waals surface area (Å²) in [5.41, 5.74) is -1.49. The van der Waals surface area contributed by atoms with Crippen molar-refractivity contribution in [3.8, 4) is 0 Å². The summed E-state index contributed by atoms with van der Waals surface area (Å²) in [5.74, 6) is -2.86. The van der Waals surface area contributed by atoms with E-state index in [1.165, 1.54) is 14.0 Å². The smallest absolute Gasteiger partial charge is 0.309 e. The van der Waals surface area contributed by atoms with Gasteiger partial charge in [-0.2, -0.15) is 0 Å². The molecule has 3 aliphatic rings. The third-order valence-electron chi connectivity index (χ3n) is 11.3.